The van der Waals surface area contributed by atoms with Crippen molar-refractivity contribution in [1.29, 1.82) is 0 Å². The lowest BCUT2D eigenvalue weighted by Crippen LogP contribution is -2.34. The maximum Gasteiger partial charge on any atom is 0.256 e. The fourth-order valence-corrected chi connectivity index (χ4v) is 2.09. The summed E-state index contributed by atoms with van der Waals surface area (Å²) in [5, 5.41) is 0. The average molecular weight is 232 g/mol. The number of carbonyl (C=O) groups excluding carboxylic acids is 1. The molecule has 1 amide bonds. The lowest BCUT2D eigenvalue weighted by atomic mass is 10.1. The molecule has 92 valence electrons. The molecule has 1 aliphatic rings. The molecule has 2 rings (SSSR count). The number of amides is 1. The third-order valence-electron chi connectivity index (χ3n) is 3.15. The van der Waals surface area contributed by atoms with Crippen molar-refractivity contribution in [3.05, 3.63) is 29.3 Å². The van der Waals surface area contributed by atoms with Gasteiger partial charge in [-0.25, -0.2) is 0 Å². The van der Waals surface area contributed by atoms with Crippen LogP contribution in [-0.4, -0.2) is 23.4 Å². The van der Waals surface area contributed by atoms with E-state index in [9.17, 15) is 4.79 Å². The van der Waals surface area contributed by atoms with Gasteiger partial charge < -0.3 is 10.6 Å². The number of carbonyl (C=O) groups is 1. The van der Waals surface area contributed by atoms with Gasteiger partial charge in [-0.15, -0.1) is 0 Å². The molecule has 1 fully saturated rings. The fourth-order valence-electron chi connectivity index (χ4n) is 2.09. The first-order chi connectivity index (χ1) is 8.13. The van der Waals surface area contributed by atoms with Crippen molar-refractivity contribution >= 4 is 11.6 Å². The van der Waals surface area contributed by atoms with Crippen molar-refractivity contribution in [3.8, 4) is 0 Å². The van der Waals surface area contributed by atoms with Gasteiger partial charge in [-0.05, 0) is 38.3 Å². The normalized spacial score (nSPS) is 14.7. The standard InChI is InChI=1S/C14H20N2O/c1-3-8-16(11-5-6-11)14(17)12-9-10(2)4-7-13(12)15/h4,7,9,11H,3,5-6,8,15H2,1-2H3. The highest BCUT2D eigenvalue weighted by molar-refractivity contribution is 5.99. The summed E-state index contributed by atoms with van der Waals surface area (Å²) in [6.45, 7) is 4.91. The first-order valence-corrected chi connectivity index (χ1v) is 6.30. The van der Waals surface area contributed by atoms with Gasteiger partial charge in [0, 0.05) is 18.3 Å². The molecule has 2 N–H and O–H groups in total. The van der Waals surface area contributed by atoms with Crippen LogP contribution in [0.1, 0.15) is 42.1 Å². The van der Waals surface area contributed by atoms with Crippen LogP contribution in [-0.2, 0) is 0 Å². The van der Waals surface area contributed by atoms with Gasteiger partial charge in [0.05, 0.1) is 5.56 Å². The van der Waals surface area contributed by atoms with Crippen LogP contribution in [0.5, 0.6) is 0 Å². The monoisotopic (exact) mass is 232 g/mol. The Morgan fingerprint density at radius 3 is 2.76 bits per heavy atom. The molecular weight excluding hydrogens is 212 g/mol. The van der Waals surface area contributed by atoms with Gasteiger partial charge in [0.1, 0.15) is 0 Å². The molecule has 1 aliphatic carbocycles. The summed E-state index contributed by atoms with van der Waals surface area (Å²) in [5.74, 6) is 0.0931. The van der Waals surface area contributed by atoms with Crippen molar-refractivity contribution in [3.63, 3.8) is 0 Å². The molecule has 0 bridgehead atoms. The molecule has 1 aromatic carbocycles. The topological polar surface area (TPSA) is 46.3 Å². The van der Waals surface area contributed by atoms with Crippen LogP contribution in [0.15, 0.2) is 18.2 Å². The van der Waals surface area contributed by atoms with Crippen LogP contribution in [0.2, 0.25) is 0 Å². The molecule has 0 aromatic heterocycles. The quantitative estimate of drug-likeness (QED) is 0.811. The highest BCUT2D eigenvalue weighted by Crippen LogP contribution is 2.29. The molecule has 1 aromatic rings. The van der Waals surface area contributed by atoms with Gasteiger partial charge in [-0.3, -0.25) is 4.79 Å². The molecule has 17 heavy (non-hydrogen) atoms. The van der Waals surface area contributed by atoms with E-state index in [4.69, 9.17) is 5.73 Å². The SMILES string of the molecule is CCCN(C(=O)c1cc(C)ccc1N)C1CC1. The Hall–Kier alpha value is -1.51. The van der Waals surface area contributed by atoms with Crippen LogP contribution >= 0.6 is 0 Å². The molecule has 0 aliphatic heterocycles. The number of rotatable bonds is 4. The molecule has 0 heterocycles. The molecule has 0 radical (unpaired) electrons. The van der Waals surface area contributed by atoms with E-state index in [-0.39, 0.29) is 5.91 Å². The number of hydrogen-bond acceptors (Lipinski definition) is 2. The summed E-state index contributed by atoms with van der Waals surface area (Å²) in [5.41, 5.74) is 8.22. The van der Waals surface area contributed by atoms with Crippen molar-refractivity contribution < 1.29 is 4.79 Å². The summed E-state index contributed by atoms with van der Waals surface area (Å²) < 4.78 is 0. The Morgan fingerprint density at radius 2 is 2.18 bits per heavy atom. The first kappa shape index (κ1) is 12.0. The lowest BCUT2D eigenvalue weighted by Gasteiger charge is -2.22. The molecule has 0 spiro atoms. The number of hydrogen-bond donors (Lipinski definition) is 1. The minimum absolute atomic E-state index is 0.0931. The summed E-state index contributed by atoms with van der Waals surface area (Å²) in [6, 6.07) is 6.10. The van der Waals surface area contributed by atoms with E-state index in [1.165, 1.54) is 0 Å². The zero-order valence-electron chi connectivity index (χ0n) is 10.6. The van der Waals surface area contributed by atoms with Gasteiger partial charge in [0.25, 0.3) is 5.91 Å². The molecule has 3 nitrogen and oxygen atoms in total. The molecule has 0 saturated heterocycles. The molecule has 1 saturated carbocycles. The number of nitrogens with two attached hydrogens (primary N) is 1. The highest BCUT2D eigenvalue weighted by atomic mass is 16.2. The average Bonchev–Trinajstić information content (AvgIpc) is 3.12. The Bertz CT molecular complexity index is 424. The molecular formula is C14H20N2O. The Kier molecular flexibility index (Phi) is 3.36. The van der Waals surface area contributed by atoms with Crippen molar-refractivity contribution in [2.45, 2.75) is 39.2 Å². The van der Waals surface area contributed by atoms with E-state index in [0.29, 0.717) is 17.3 Å². The van der Waals surface area contributed by atoms with Gasteiger partial charge in [-0.2, -0.15) is 0 Å². The van der Waals surface area contributed by atoms with E-state index in [1.807, 2.05) is 30.0 Å². The fraction of sp³-hybridized carbons (Fsp3) is 0.500. The third-order valence-corrected chi connectivity index (χ3v) is 3.15. The second-order valence-corrected chi connectivity index (χ2v) is 4.82. The minimum Gasteiger partial charge on any atom is -0.398 e. The maximum absolute atomic E-state index is 12.4. The third kappa shape index (κ3) is 2.60. The van der Waals surface area contributed by atoms with E-state index in [2.05, 4.69) is 6.92 Å². The van der Waals surface area contributed by atoms with E-state index >= 15 is 0 Å². The predicted octanol–water partition coefficient (Wildman–Crippen LogP) is 2.59. The smallest absolute Gasteiger partial charge is 0.256 e. The van der Waals surface area contributed by atoms with Crippen molar-refractivity contribution in [2.24, 2.45) is 0 Å². The highest BCUT2D eigenvalue weighted by Gasteiger charge is 2.32. The second kappa shape index (κ2) is 4.78. The summed E-state index contributed by atoms with van der Waals surface area (Å²) >= 11 is 0. The van der Waals surface area contributed by atoms with Gasteiger partial charge >= 0.3 is 0 Å². The van der Waals surface area contributed by atoms with E-state index in [0.717, 1.165) is 31.4 Å². The Labute approximate surface area is 103 Å². The summed E-state index contributed by atoms with van der Waals surface area (Å²) in [7, 11) is 0. The van der Waals surface area contributed by atoms with Crippen LogP contribution in [0.4, 0.5) is 5.69 Å². The number of aryl methyl sites for hydroxylation is 1. The van der Waals surface area contributed by atoms with Gasteiger partial charge in [0.2, 0.25) is 0 Å². The summed E-state index contributed by atoms with van der Waals surface area (Å²) in [4.78, 5) is 14.4. The van der Waals surface area contributed by atoms with Gasteiger partial charge in [-0.1, -0.05) is 18.6 Å². The lowest BCUT2D eigenvalue weighted by molar-refractivity contribution is 0.0744. The zero-order chi connectivity index (χ0) is 12.4. The maximum atomic E-state index is 12.4. The van der Waals surface area contributed by atoms with E-state index < -0.39 is 0 Å². The van der Waals surface area contributed by atoms with Crippen LogP contribution in [0, 0.1) is 6.92 Å². The van der Waals surface area contributed by atoms with Crippen LogP contribution in [0.25, 0.3) is 0 Å². The number of anilines is 1. The predicted molar refractivity (Wildman–Crippen MR) is 69.9 cm³/mol. The Morgan fingerprint density at radius 1 is 1.47 bits per heavy atom. The van der Waals surface area contributed by atoms with E-state index in [1.54, 1.807) is 0 Å². The summed E-state index contributed by atoms with van der Waals surface area (Å²) in [6.07, 6.45) is 3.27. The van der Waals surface area contributed by atoms with Crippen molar-refractivity contribution in [1.82, 2.24) is 4.90 Å². The molecule has 0 unspecified atom stereocenters. The first-order valence-electron chi connectivity index (χ1n) is 6.30. The van der Waals surface area contributed by atoms with Crippen LogP contribution < -0.4 is 5.73 Å². The van der Waals surface area contributed by atoms with Crippen molar-refractivity contribution in [2.75, 3.05) is 12.3 Å². The zero-order valence-corrected chi connectivity index (χ0v) is 10.6. The number of benzene rings is 1. The second-order valence-electron chi connectivity index (χ2n) is 4.82. The van der Waals surface area contributed by atoms with Gasteiger partial charge in [0.15, 0.2) is 0 Å². The largest absolute Gasteiger partial charge is 0.398 e. The minimum atomic E-state index is 0.0931. The molecule has 0 atom stereocenters. The molecule has 3 heteroatoms. The van der Waals surface area contributed by atoms with Crippen LogP contribution in [0.3, 0.4) is 0 Å². The number of nitrogen functional groups attached to an aromatic ring is 1. The number of nitrogens with zero attached hydrogens (tertiary/aromatic N) is 1. The Balaban J connectivity index is 2.24.